The summed E-state index contributed by atoms with van der Waals surface area (Å²) in [6.45, 7) is 2.95. The van der Waals surface area contributed by atoms with E-state index in [4.69, 9.17) is 14.2 Å². The molecule has 144 valence electrons. The van der Waals surface area contributed by atoms with Crippen molar-refractivity contribution in [1.82, 2.24) is 5.32 Å². The monoisotopic (exact) mass is 441 g/mol. The van der Waals surface area contributed by atoms with Crippen LogP contribution >= 0.6 is 15.9 Å². The van der Waals surface area contributed by atoms with Crippen LogP contribution in [0.25, 0.3) is 10.8 Å². The van der Waals surface area contributed by atoms with Crippen molar-refractivity contribution in [2.75, 3.05) is 19.8 Å². The van der Waals surface area contributed by atoms with E-state index in [2.05, 4.69) is 21.2 Å². The van der Waals surface area contributed by atoms with Crippen LogP contribution < -0.4 is 19.5 Å². The Morgan fingerprint density at radius 1 is 1.11 bits per heavy atom. The average molecular weight is 442 g/mol. The van der Waals surface area contributed by atoms with Crippen LogP contribution in [0.1, 0.15) is 18.5 Å². The summed E-state index contributed by atoms with van der Waals surface area (Å²) < 4.78 is 17.7. The molecule has 1 amide bonds. The van der Waals surface area contributed by atoms with Crippen molar-refractivity contribution in [3.63, 3.8) is 0 Å². The van der Waals surface area contributed by atoms with Crippen molar-refractivity contribution in [2.24, 2.45) is 0 Å². The lowest BCUT2D eigenvalue weighted by molar-refractivity contribution is -0.123. The van der Waals surface area contributed by atoms with Crippen molar-refractivity contribution in [3.8, 4) is 17.2 Å². The molecule has 1 aliphatic rings. The molecule has 0 aromatic heterocycles. The largest absolute Gasteiger partial charge is 0.486 e. The van der Waals surface area contributed by atoms with Crippen molar-refractivity contribution >= 4 is 32.6 Å². The van der Waals surface area contributed by atoms with E-state index in [1.807, 2.05) is 61.5 Å². The van der Waals surface area contributed by atoms with Crippen molar-refractivity contribution < 1.29 is 19.0 Å². The number of ether oxygens (including phenoxy) is 3. The van der Waals surface area contributed by atoms with Gasteiger partial charge in [-0.05, 0) is 57.4 Å². The Labute approximate surface area is 171 Å². The minimum absolute atomic E-state index is 0.0637. The van der Waals surface area contributed by atoms with Gasteiger partial charge in [-0.15, -0.1) is 0 Å². The fourth-order valence-corrected chi connectivity index (χ4v) is 3.77. The molecule has 0 aliphatic carbocycles. The number of rotatable bonds is 5. The predicted molar refractivity (Wildman–Crippen MR) is 111 cm³/mol. The fraction of sp³-hybridized carbons (Fsp3) is 0.227. The molecule has 0 saturated heterocycles. The minimum atomic E-state index is -0.192. The minimum Gasteiger partial charge on any atom is -0.486 e. The fourth-order valence-electron chi connectivity index (χ4n) is 3.16. The Kier molecular flexibility index (Phi) is 5.39. The highest BCUT2D eigenvalue weighted by molar-refractivity contribution is 9.10. The van der Waals surface area contributed by atoms with E-state index < -0.39 is 0 Å². The van der Waals surface area contributed by atoms with E-state index in [-0.39, 0.29) is 18.6 Å². The summed E-state index contributed by atoms with van der Waals surface area (Å²) in [6.07, 6.45) is 0. The van der Waals surface area contributed by atoms with Crippen molar-refractivity contribution in [3.05, 3.63) is 64.6 Å². The van der Waals surface area contributed by atoms with E-state index in [0.29, 0.717) is 24.7 Å². The standard InChI is InChI=1S/C22H20BrNO4/c1-14(16-7-8-18-20(12-16)27-11-10-26-18)24-21(25)13-28-19-9-6-15-4-2-3-5-17(15)22(19)23/h2-9,12,14H,10-11,13H2,1H3,(H,24,25)/t14-/m0/s1. The van der Waals surface area contributed by atoms with Crippen LogP contribution in [0.15, 0.2) is 59.1 Å². The second-order valence-electron chi connectivity index (χ2n) is 6.58. The van der Waals surface area contributed by atoms with Gasteiger partial charge < -0.3 is 19.5 Å². The van der Waals surface area contributed by atoms with Crippen LogP contribution in [0, 0.1) is 0 Å². The Bertz CT molecular complexity index is 1020. The van der Waals surface area contributed by atoms with Gasteiger partial charge in [-0.2, -0.15) is 0 Å². The first kappa shape index (κ1) is 18.6. The van der Waals surface area contributed by atoms with Crippen LogP contribution in [0.4, 0.5) is 0 Å². The lowest BCUT2D eigenvalue weighted by Gasteiger charge is -2.21. The number of amides is 1. The molecule has 0 radical (unpaired) electrons. The molecular weight excluding hydrogens is 422 g/mol. The van der Waals surface area contributed by atoms with Gasteiger partial charge in [0.2, 0.25) is 0 Å². The molecule has 6 heteroatoms. The molecule has 0 spiro atoms. The Morgan fingerprint density at radius 2 is 1.89 bits per heavy atom. The van der Waals surface area contributed by atoms with Crippen molar-refractivity contribution in [2.45, 2.75) is 13.0 Å². The van der Waals surface area contributed by atoms with Gasteiger partial charge >= 0.3 is 0 Å². The second kappa shape index (κ2) is 8.10. The number of hydrogen-bond donors (Lipinski definition) is 1. The van der Waals surface area contributed by atoms with Gasteiger partial charge in [-0.25, -0.2) is 0 Å². The van der Waals surface area contributed by atoms with Gasteiger partial charge in [0.05, 0.1) is 10.5 Å². The third-order valence-corrected chi connectivity index (χ3v) is 5.45. The summed E-state index contributed by atoms with van der Waals surface area (Å²) in [4.78, 5) is 12.4. The summed E-state index contributed by atoms with van der Waals surface area (Å²) in [6, 6.07) is 17.4. The van der Waals surface area contributed by atoms with Gasteiger partial charge in [0.15, 0.2) is 18.1 Å². The molecule has 0 bridgehead atoms. The summed E-state index contributed by atoms with van der Waals surface area (Å²) in [5.41, 5.74) is 0.949. The second-order valence-corrected chi connectivity index (χ2v) is 7.37. The molecular formula is C22H20BrNO4. The molecule has 1 aliphatic heterocycles. The highest BCUT2D eigenvalue weighted by Crippen LogP contribution is 2.34. The third-order valence-electron chi connectivity index (χ3n) is 4.63. The summed E-state index contributed by atoms with van der Waals surface area (Å²) >= 11 is 3.57. The van der Waals surface area contributed by atoms with Gasteiger partial charge in [0.25, 0.3) is 5.91 Å². The molecule has 0 fully saturated rings. The van der Waals surface area contributed by atoms with Crippen LogP contribution in [-0.4, -0.2) is 25.7 Å². The lowest BCUT2D eigenvalue weighted by Crippen LogP contribution is -2.31. The Morgan fingerprint density at radius 3 is 2.75 bits per heavy atom. The zero-order valence-corrected chi connectivity index (χ0v) is 17.0. The SMILES string of the molecule is C[C@H](NC(=O)COc1ccc2ccccc2c1Br)c1ccc2c(c1)OCCO2. The molecule has 0 saturated carbocycles. The first-order valence-corrected chi connectivity index (χ1v) is 9.90. The zero-order valence-electron chi connectivity index (χ0n) is 15.4. The third kappa shape index (κ3) is 3.92. The summed E-state index contributed by atoms with van der Waals surface area (Å²) in [5.74, 6) is 1.89. The highest BCUT2D eigenvalue weighted by Gasteiger charge is 2.16. The first-order chi connectivity index (χ1) is 13.6. The molecule has 0 unspecified atom stereocenters. The maximum absolute atomic E-state index is 12.4. The van der Waals surface area contributed by atoms with Crippen LogP contribution in [0.3, 0.4) is 0 Å². The summed E-state index contributed by atoms with van der Waals surface area (Å²) in [7, 11) is 0. The molecule has 3 aromatic carbocycles. The number of carbonyl (C=O) groups excluding carboxylic acids is 1. The Balaban J connectivity index is 1.39. The van der Waals surface area contributed by atoms with Crippen LogP contribution in [-0.2, 0) is 4.79 Å². The molecule has 3 aromatic rings. The van der Waals surface area contributed by atoms with Gasteiger partial charge in [-0.3, -0.25) is 4.79 Å². The first-order valence-electron chi connectivity index (χ1n) is 9.11. The quantitative estimate of drug-likeness (QED) is 0.626. The van der Waals surface area contributed by atoms with Crippen LogP contribution in [0.5, 0.6) is 17.2 Å². The van der Waals surface area contributed by atoms with Gasteiger partial charge in [-0.1, -0.05) is 36.4 Å². The van der Waals surface area contributed by atoms with E-state index >= 15 is 0 Å². The van der Waals surface area contributed by atoms with Gasteiger partial charge in [0, 0.05) is 0 Å². The van der Waals surface area contributed by atoms with E-state index in [9.17, 15) is 4.79 Å². The number of carbonyl (C=O) groups is 1. The normalized spacial score (nSPS) is 13.8. The smallest absolute Gasteiger partial charge is 0.258 e. The molecule has 1 atom stereocenters. The number of fused-ring (bicyclic) bond motifs is 2. The number of hydrogen-bond acceptors (Lipinski definition) is 4. The van der Waals surface area contributed by atoms with E-state index in [1.165, 1.54) is 0 Å². The van der Waals surface area contributed by atoms with Gasteiger partial charge in [0.1, 0.15) is 19.0 Å². The average Bonchev–Trinajstić information content (AvgIpc) is 2.73. The molecule has 5 nitrogen and oxygen atoms in total. The summed E-state index contributed by atoms with van der Waals surface area (Å²) in [5, 5.41) is 5.11. The highest BCUT2D eigenvalue weighted by atomic mass is 79.9. The van der Waals surface area contributed by atoms with E-state index in [1.54, 1.807) is 0 Å². The van der Waals surface area contributed by atoms with Crippen molar-refractivity contribution in [1.29, 1.82) is 0 Å². The number of benzene rings is 3. The predicted octanol–water partition coefficient (Wildman–Crippen LogP) is 4.63. The lowest BCUT2D eigenvalue weighted by atomic mass is 10.1. The molecule has 28 heavy (non-hydrogen) atoms. The maximum atomic E-state index is 12.4. The topological polar surface area (TPSA) is 56.8 Å². The maximum Gasteiger partial charge on any atom is 0.258 e. The number of nitrogens with one attached hydrogen (secondary N) is 1. The Hall–Kier alpha value is -2.73. The van der Waals surface area contributed by atoms with Crippen LogP contribution in [0.2, 0.25) is 0 Å². The number of halogens is 1. The molecule has 4 rings (SSSR count). The zero-order chi connectivity index (χ0) is 19.5. The van der Waals surface area contributed by atoms with E-state index in [0.717, 1.165) is 26.6 Å². The molecule has 1 N–H and O–H groups in total. The molecule has 1 heterocycles.